The van der Waals surface area contributed by atoms with E-state index in [2.05, 4.69) is 28.9 Å². The van der Waals surface area contributed by atoms with Crippen molar-refractivity contribution in [2.45, 2.75) is 32.6 Å². The predicted octanol–water partition coefficient (Wildman–Crippen LogP) is 2.97. The Hall–Kier alpha value is -1.21. The summed E-state index contributed by atoms with van der Waals surface area (Å²) in [7, 11) is 0. The largest absolute Gasteiger partial charge is 0.374 e. The van der Waals surface area contributed by atoms with Gasteiger partial charge in [0.25, 0.3) is 0 Å². The van der Waals surface area contributed by atoms with E-state index in [0.29, 0.717) is 11.0 Å². The van der Waals surface area contributed by atoms with Crippen molar-refractivity contribution in [3.63, 3.8) is 0 Å². The Morgan fingerprint density at radius 1 is 1.21 bits per heavy atom. The third-order valence-corrected chi connectivity index (χ3v) is 5.31. The van der Waals surface area contributed by atoms with Gasteiger partial charge in [0.1, 0.15) is 0 Å². The summed E-state index contributed by atoms with van der Waals surface area (Å²) in [5, 5.41) is 10.6. The van der Waals surface area contributed by atoms with Crippen LogP contribution < -0.4 is 10.6 Å². The van der Waals surface area contributed by atoms with E-state index >= 15 is 0 Å². The van der Waals surface area contributed by atoms with Crippen LogP contribution in [0, 0.1) is 0 Å². The van der Waals surface area contributed by atoms with Crippen LogP contribution in [-0.2, 0) is 0 Å². The van der Waals surface area contributed by atoms with Gasteiger partial charge in [-0.15, -0.1) is 10.2 Å². The summed E-state index contributed by atoms with van der Waals surface area (Å²) in [5.74, 6) is 0.612. The average molecular weight is 295 g/mol. The molecule has 2 N–H and O–H groups in total. The highest BCUT2D eigenvalue weighted by atomic mass is 32.1. The molecule has 0 atom stereocenters. The molecule has 2 aromatic rings. The van der Waals surface area contributed by atoms with Gasteiger partial charge in [-0.2, -0.15) is 0 Å². The standard InChI is InChI=1S/C12H17N5S2/c1-3-17(4-2)12-14-8(7-5-6-7)9(18-12)10-15-16-11(13)19-10/h7H,3-6H2,1-2H3,(H2,13,16). The number of rotatable bonds is 5. The van der Waals surface area contributed by atoms with Crippen molar-refractivity contribution in [1.82, 2.24) is 15.2 Å². The minimum absolute atomic E-state index is 0.523. The summed E-state index contributed by atoms with van der Waals surface area (Å²) in [4.78, 5) is 8.29. The van der Waals surface area contributed by atoms with E-state index in [4.69, 9.17) is 10.7 Å². The Labute approximate surface area is 120 Å². The van der Waals surface area contributed by atoms with Crippen LogP contribution in [0.5, 0.6) is 0 Å². The number of hydrogen-bond acceptors (Lipinski definition) is 7. The minimum atomic E-state index is 0.523. The van der Waals surface area contributed by atoms with Gasteiger partial charge in [-0.05, 0) is 26.7 Å². The van der Waals surface area contributed by atoms with E-state index in [9.17, 15) is 0 Å². The highest BCUT2D eigenvalue weighted by Crippen LogP contribution is 2.48. The molecule has 1 saturated carbocycles. The molecule has 2 heterocycles. The first-order chi connectivity index (χ1) is 9.22. The Balaban J connectivity index is 2.02. The maximum Gasteiger partial charge on any atom is 0.203 e. The smallest absolute Gasteiger partial charge is 0.203 e. The first kappa shape index (κ1) is 12.8. The van der Waals surface area contributed by atoms with Gasteiger partial charge in [-0.1, -0.05) is 22.7 Å². The minimum Gasteiger partial charge on any atom is -0.374 e. The molecule has 1 fully saturated rings. The van der Waals surface area contributed by atoms with Crippen LogP contribution in [-0.4, -0.2) is 28.3 Å². The quantitative estimate of drug-likeness (QED) is 0.918. The molecule has 0 amide bonds. The number of aromatic nitrogens is 3. The molecule has 0 radical (unpaired) electrons. The normalized spacial score (nSPS) is 14.8. The highest BCUT2D eigenvalue weighted by molar-refractivity contribution is 7.25. The van der Waals surface area contributed by atoms with Crippen LogP contribution in [0.1, 0.15) is 38.3 Å². The Morgan fingerprint density at radius 2 is 1.95 bits per heavy atom. The van der Waals surface area contributed by atoms with E-state index in [0.717, 1.165) is 23.2 Å². The van der Waals surface area contributed by atoms with Gasteiger partial charge in [0.15, 0.2) is 10.1 Å². The van der Waals surface area contributed by atoms with Crippen LogP contribution in [0.15, 0.2) is 0 Å². The predicted molar refractivity (Wildman–Crippen MR) is 81.0 cm³/mol. The molecular formula is C12H17N5S2. The monoisotopic (exact) mass is 295 g/mol. The third kappa shape index (κ3) is 2.44. The van der Waals surface area contributed by atoms with Gasteiger partial charge < -0.3 is 10.6 Å². The Bertz CT molecular complexity index is 568. The molecule has 0 saturated heterocycles. The number of thiazole rings is 1. The molecule has 2 aromatic heterocycles. The van der Waals surface area contributed by atoms with Crippen molar-refractivity contribution in [2.75, 3.05) is 23.7 Å². The zero-order valence-corrected chi connectivity index (χ0v) is 12.7. The SMILES string of the molecule is CCN(CC)c1nc(C2CC2)c(-c2nnc(N)s2)s1. The van der Waals surface area contributed by atoms with Crippen LogP contribution in [0.4, 0.5) is 10.3 Å². The highest BCUT2D eigenvalue weighted by Gasteiger charge is 2.32. The van der Waals surface area contributed by atoms with Gasteiger partial charge in [0.05, 0.1) is 10.6 Å². The summed E-state index contributed by atoms with van der Waals surface area (Å²) in [6.07, 6.45) is 2.48. The van der Waals surface area contributed by atoms with E-state index in [1.807, 2.05) is 0 Å². The van der Waals surface area contributed by atoms with Crippen molar-refractivity contribution >= 4 is 32.9 Å². The fourth-order valence-corrected chi connectivity index (χ4v) is 4.03. The molecule has 5 nitrogen and oxygen atoms in total. The summed E-state index contributed by atoms with van der Waals surface area (Å²) >= 11 is 3.17. The molecule has 3 rings (SSSR count). The van der Waals surface area contributed by atoms with Crippen LogP contribution in [0.3, 0.4) is 0 Å². The topological polar surface area (TPSA) is 67.9 Å². The van der Waals surface area contributed by atoms with E-state index in [1.54, 1.807) is 11.3 Å². The number of hydrogen-bond donors (Lipinski definition) is 1. The fourth-order valence-electron chi connectivity index (χ4n) is 2.06. The lowest BCUT2D eigenvalue weighted by Gasteiger charge is -2.16. The second-order valence-corrected chi connectivity index (χ2v) is 6.59. The second-order valence-electron chi connectivity index (χ2n) is 4.60. The van der Waals surface area contributed by atoms with Crippen molar-refractivity contribution in [1.29, 1.82) is 0 Å². The lowest BCUT2D eigenvalue weighted by Crippen LogP contribution is -2.21. The molecule has 19 heavy (non-hydrogen) atoms. The molecule has 7 heteroatoms. The first-order valence-corrected chi connectivity index (χ1v) is 8.21. The molecule has 0 bridgehead atoms. The van der Waals surface area contributed by atoms with Crippen molar-refractivity contribution in [2.24, 2.45) is 0 Å². The molecule has 0 aliphatic heterocycles. The molecule has 102 valence electrons. The zero-order valence-electron chi connectivity index (χ0n) is 11.1. The van der Waals surface area contributed by atoms with Crippen LogP contribution in [0.25, 0.3) is 9.88 Å². The van der Waals surface area contributed by atoms with Crippen molar-refractivity contribution in [3.8, 4) is 9.88 Å². The van der Waals surface area contributed by atoms with E-state index < -0.39 is 0 Å². The number of nitrogens with two attached hydrogens (primary N) is 1. The summed E-state index contributed by atoms with van der Waals surface area (Å²) < 4.78 is 0. The molecular weight excluding hydrogens is 278 g/mol. The molecule has 0 aromatic carbocycles. The maximum absolute atomic E-state index is 5.70. The number of anilines is 2. The molecule has 1 aliphatic carbocycles. The van der Waals surface area contributed by atoms with Gasteiger partial charge in [-0.25, -0.2) is 4.98 Å². The average Bonchev–Trinajstić information content (AvgIpc) is 3.02. The van der Waals surface area contributed by atoms with Gasteiger partial charge in [0.2, 0.25) is 5.13 Å². The number of nitrogens with zero attached hydrogens (tertiary/aromatic N) is 4. The van der Waals surface area contributed by atoms with Crippen LogP contribution in [0.2, 0.25) is 0 Å². The van der Waals surface area contributed by atoms with Crippen molar-refractivity contribution < 1.29 is 0 Å². The van der Waals surface area contributed by atoms with E-state index in [-0.39, 0.29) is 0 Å². The molecule has 0 spiro atoms. The third-order valence-electron chi connectivity index (χ3n) is 3.27. The van der Waals surface area contributed by atoms with Gasteiger partial charge >= 0.3 is 0 Å². The lowest BCUT2D eigenvalue weighted by molar-refractivity contribution is 0.853. The molecule has 0 unspecified atom stereocenters. The first-order valence-electron chi connectivity index (χ1n) is 6.58. The fraction of sp³-hybridized carbons (Fsp3) is 0.583. The van der Waals surface area contributed by atoms with Crippen molar-refractivity contribution in [3.05, 3.63) is 5.69 Å². The number of nitrogen functional groups attached to an aromatic ring is 1. The Kier molecular flexibility index (Phi) is 3.40. The van der Waals surface area contributed by atoms with Gasteiger partial charge in [-0.3, -0.25) is 0 Å². The Morgan fingerprint density at radius 3 is 2.47 bits per heavy atom. The van der Waals surface area contributed by atoms with E-state index in [1.165, 1.54) is 34.7 Å². The summed E-state index contributed by atoms with van der Waals surface area (Å²) in [6, 6.07) is 0. The van der Waals surface area contributed by atoms with Crippen LogP contribution >= 0.6 is 22.7 Å². The molecule has 1 aliphatic rings. The summed E-state index contributed by atoms with van der Waals surface area (Å²) in [6.45, 7) is 6.27. The maximum atomic E-state index is 5.70. The zero-order chi connectivity index (χ0) is 13.4. The van der Waals surface area contributed by atoms with Gasteiger partial charge in [0, 0.05) is 19.0 Å². The summed E-state index contributed by atoms with van der Waals surface area (Å²) in [5.41, 5.74) is 6.89. The lowest BCUT2D eigenvalue weighted by atomic mass is 10.2. The second kappa shape index (κ2) is 5.05.